The number of anilines is 2. The fourth-order valence-electron chi connectivity index (χ4n) is 2.73. The van der Waals surface area contributed by atoms with Crippen molar-refractivity contribution in [3.63, 3.8) is 0 Å². The molecule has 1 heterocycles. The van der Waals surface area contributed by atoms with E-state index in [1.165, 1.54) is 18.2 Å². The van der Waals surface area contributed by atoms with Gasteiger partial charge in [0.2, 0.25) is 0 Å². The van der Waals surface area contributed by atoms with Gasteiger partial charge in [0.25, 0.3) is 11.8 Å². The number of H-pyrrole nitrogens is 1. The lowest BCUT2D eigenvalue weighted by Crippen LogP contribution is -2.15. The highest BCUT2D eigenvalue weighted by atomic mass is 19.1. The third-order valence-electron chi connectivity index (χ3n) is 3.96. The molecule has 1 aromatic heterocycles. The first kappa shape index (κ1) is 19.3. The van der Waals surface area contributed by atoms with E-state index in [-0.39, 0.29) is 11.6 Å². The monoisotopic (exact) mass is 380 g/mol. The Labute approximate surface area is 162 Å². The molecule has 144 valence electrons. The molecule has 2 aromatic carbocycles. The van der Waals surface area contributed by atoms with E-state index in [2.05, 4.69) is 34.7 Å². The molecule has 0 radical (unpaired) electrons. The van der Waals surface area contributed by atoms with E-state index in [1.54, 1.807) is 36.4 Å². The zero-order chi connectivity index (χ0) is 20.1. The minimum atomic E-state index is -0.436. The van der Waals surface area contributed by atoms with Crippen molar-refractivity contribution in [2.24, 2.45) is 5.92 Å². The number of carbonyl (C=O) groups is 2. The van der Waals surface area contributed by atoms with Gasteiger partial charge < -0.3 is 10.6 Å². The fraction of sp³-hybridized carbons (Fsp3) is 0.190. The summed E-state index contributed by atoms with van der Waals surface area (Å²) in [4.78, 5) is 24.8. The molecule has 0 spiro atoms. The Balaban J connectivity index is 1.68. The molecule has 0 aliphatic carbocycles. The van der Waals surface area contributed by atoms with Crippen LogP contribution in [0.4, 0.5) is 15.8 Å². The van der Waals surface area contributed by atoms with E-state index < -0.39 is 11.7 Å². The van der Waals surface area contributed by atoms with Crippen LogP contribution in [-0.2, 0) is 6.42 Å². The fourth-order valence-corrected chi connectivity index (χ4v) is 2.73. The molecule has 2 amide bonds. The molecule has 0 fully saturated rings. The summed E-state index contributed by atoms with van der Waals surface area (Å²) in [5.41, 5.74) is 2.33. The van der Waals surface area contributed by atoms with Crippen molar-refractivity contribution >= 4 is 23.2 Å². The topological polar surface area (TPSA) is 86.9 Å². The van der Waals surface area contributed by atoms with Gasteiger partial charge in [0.1, 0.15) is 5.82 Å². The molecule has 6 nitrogen and oxygen atoms in total. The van der Waals surface area contributed by atoms with Crippen molar-refractivity contribution in [3.05, 3.63) is 77.4 Å². The van der Waals surface area contributed by atoms with E-state index in [0.717, 1.165) is 12.1 Å². The van der Waals surface area contributed by atoms with Gasteiger partial charge in [-0.25, -0.2) is 4.39 Å². The molecule has 0 aliphatic heterocycles. The number of carbonyl (C=O) groups excluding carboxylic acids is 2. The van der Waals surface area contributed by atoms with Gasteiger partial charge in [-0.05, 0) is 54.8 Å². The van der Waals surface area contributed by atoms with Crippen molar-refractivity contribution in [2.45, 2.75) is 20.3 Å². The van der Waals surface area contributed by atoms with Gasteiger partial charge in [-0.3, -0.25) is 14.7 Å². The summed E-state index contributed by atoms with van der Waals surface area (Å²) < 4.78 is 13.3. The first-order valence-corrected chi connectivity index (χ1v) is 8.93. The van der Waals surface area contributed by atoms with Crippen LogP contribution < -0.4 is 10.6 Å². The third kappa shape index (κ3) is 5.03. The summed E-state index contributed by atoms with van der Waals surface area (Å²) in [5.74, 6) is -0.756. The maximum Gasteiger partial charge on any atom is 0.276 e. The second kappa shape index (κ2) is 8.47. The van der Waals surface area contributed by atoms with E-state index in [9.17, 15) is 14.0 Å². The number of rotatable bonds is 6. The van der Waals surface area contributed by atoms with Crippen molar-refractivity contribution in [1.29, 1.82) is 0 Å². The maximum atomic E-state index is 13.3. The highest BCUT2D eigenvalue weighted by Gasteiger charge is 2.13. The average Bonchev–Trinajstić information content (AvgIpc) is 3.10. The Hall–Kier alpha value is -3.48. The number of nitrogens with one attached hydrogen (secondary N) is 3. The lowest BCUT2D eigenvalue weighted by molar-refractivity contribution is 0.101. The number of amides is 2. The molecule has 3 aromatic rings. The van der Waals surface area contributed by atoms with Crippen LogP contribution in [0, 0.1) is 11.7 Å². The molecule has 0 saturated heterocycles. The number of nitrogens with zero attached hydrogens (tertiary/aromatic N) is 1. The Morgan fingerprint density at radius 1 is 1.00 bits per heavy atom. The second-order valence-corrected chi connectivity index (χ2v) is 6.88. The third-order valence-corrected chi connectivity index (χ3v) is 3.96. The van der Waals surface area contributed by atoms with Gasteiger partial charge in [0.05, 0.1) is 0 Å². The van der Waals surface area contributed by atoms with Gasteiger partial charge in [-0.1, -0.05) is 26.0 Å². The Bertz CT molecular complexity index is 997. The lowest BCUT2D eigenvalue weighted by Gasteiger charge is -2.08. The van der Waals surface area contributed by atoms with Crippen LogP contribution in [0.5, 0.6) is 0 Å². The van der Waals surface area contributed by atoms with Gasteiger partial charge in [-0.2, -0.15) is 5.10 Å². The van der Waals surface area contributed by atoms with E-state index in [4.69, 9.17) is 0 Å². The summed E-state index contributed by atoms with van der Waals surface area (Å²) in [6.07, 6.45) is 0.802. The number of hydrogen-bond acceptors (Lipinski definition) is 3. The molecule has 0 atom stereocenters. The van der Waals surface area contributed by atoms with Crippen LogP contribution in [0.3, 0.4) is 0 Å². The number of halogens is 1. The predicted octanol–water partition coefficient (Wildman–Crippen LogP) is 4.25. The summed E-state index contributed by atoms with van der Waals surface area (Å²) >= 11 is 0. The molecule has 0 saturated carbocycles. The van der Waals surface area contributed by atoms with Gasteiger partial charge in [0, 0.05) is 22.6 Å². The van der Waals surface area contributed by atoms with Crippen molar-refractivity contribution < 1.29 is 14.0 Å². The summed E-state index contributed by atoms with van der Waals surface area (Å²) in [7, 11) is 0. The minimum absolute atomic E-state index is 0.283. The zero-order valence-corrected chi connectivity index (χ0v) is 15.6. The van der Waals surface area contributed by atoms with Crippen LogP contribution in [0.1, 0.15) is 40.4 Å². The summed E-state index contributed by atoms with van der Waals surface area (Å²) in [6.45, 7) is 4.17. The van der Waals surface area contributed by atoms with Crippen LogP contribution in [0.25, 0.3) is 0 Å². The normalized spacial score (nSPS) is 10.7. The smallest absolute Gasteiger partial charge is 0.276 e. The van der Waals surface area contributed by atoms with Crippen molar-refractivity contribution in [3.8, 4) is 0 Å². The van der Waals surface area contributed by atoms with Crippen LogP contribution in [0.15, 0.2) is 54.6 Å². The first-order valence-electron chi connectivity index (χ1n) is 8.93. The minimum Gasteiger partial charge on any atom is -0.322 e. The SMILES string of the molecule is CC(C)Cc1cc(C(=O)Nc2cccc(C(=O)Nc3cccc(F)c3)c2)n[nH]1. The predicted molar refractivity (Wildman–Crippen MR) is 106 cm³/mol. The van der Waals surface area contributed by atoms with Gasteiger partial charge in [0.15, 0.2) is 5.69 Å². The molecule has 7 heteroatoms. The molecule has 0 bridgehead atoms. The standard InChI is InChI=1S/C21H21FN4O2/c1-13(2)9-18-12-19(26-25-18)21(28)24-16-7-3-5-14(10-16)20(27)23-17-8-4-6-15(22)11-17/h3-8,10-13H,9H2,1-2H3,(H,23,27)(H,24,28)(H,25,26). The quantitative estimate of drug-likeness (QED) is 0.597. The molecular formula is C21H21FN4O2. The average molecular weight is 380 g/mol. The van der Waals surface area contributed by atoms with E-state index in [0.29, 0.717) is 22.9 Å². The first-order chi connectivity index (χ1) is 13.4. The molecule has 3 N–H and O–H groups in total. The second-order valence-electron chi connectivity index (χ2n) is 6.88. The molecule has 0 unspecified atom stereocenters. The summed E-state index contributed by atoms with van der Waals surface area (Å²) in [6, 6.07) is 13.9. The highest BCUT2D eigenvalue weighted by molar-refractivity contribution is 6.06. The number of aromatic amines is 1. The molecular weight excluding hydrogens is 359 g/mol. The van der Waals surface area contributed by atoms with E-state index in [1.807, 2.05) is 0 Å². The Morgan fingerprint density at radius 2 is 1.68 bits per heavy atom. The number of aromatic nitrogens is 2. The maximum absolute atomic E-state index is 13.3. The summed E-state index contributed by atoms with van der Waals surface area (Å²) in [5, 5.41) is 12.3. The van der Waals surface area contributed by atoms with Gasteiger partial charge in [-0.15, -0.1) is 0 Å². The highest BCUT2D eigenvalue weighted by Crippen LogP contribution is 2.16. The number of benzene rings is 2. The Morgan fingerprint density at radius 3 is 2.39 bits per heavy atom. The number of hydrogen-bond donors (Lipinski definition) is 3. The lowest BCUT2D eigenvalue weighted by atomic mass is 10.1. The van der Waals surface area contributed by atoms with E-state index >= 15 is 0 Å². The molecule has 28 heavy (non-hydrogen) atoms. The van der Waals surface area contributed by atoms with Gasteiger partial charge >= 0.3 is 0 Å². The van der Waals surface area contributed by atoms with Crippen molar-refractivity contribution in [2.75, 3.05) is 10.6 Å². The van der Waals surface area contributed by atoms with Crippen LogP contribution in [0.2, 0.25) is 0 Å². The largest absolute Gasteiger partial charge is 0.322 e. The molecule has 3 rings (SSSR count). The Kier molecular flexibility index (Phi) is 5.84. The van der Waals surface area contributed by atoms with Crippen LogP contribution >= 0.6 is 0 Å². The van der Waals surface area contributed by atoms with Crippen LogP contribution in [-0.4, -0.2) is 22.0 Å². The van der Waals surface area contributed by atoms with Crippen molar-refractivity contribution in [1.82, 2.24) is 10.2 Å². The molecule has 0 aliphatic rings. The zero-order valence-electron chi connectivity index (χ0n) is 15.6.